The number of nitrogens with two attached hydrogens (primary N) is 1. The molecule has 0 bridgehead atoms. The van der Waals surface area contributed by atoms with Crippen LogP contribution in [0.1, 0.15) is 32.3 Å². The van der Waals surface area contributed by atoms with Crippen LogP contribution in [0, 0.1) is 0 Å². The normalized spacial score (nSPS) is 11.5. The van der Waals surface area contributed by atoms with Gasteiger partial charge in [0.2, 0.25) is 5.91 Å². The second-order valence-corrected chi connectivity index (χ2v) is 5.36. The molecule has 16 heavy (non-hydrogen) atoms. The average molecular weight is 288 g/mol. The molecule has 0 saturated carbocycles. The number of amides is 1. The van der Waals surface area contributed by atoms with Crippen LogP contribution in [0.15, 0.2) is 9.27 Å². The Morgan fingerprint density at radius 1 is 1.50 bits per heavy atom. The molecule has 0 aliphatic rings. The minimum atomic E-state index is -0.523. The Labute approximate surface area is 102 Å². The maximum atomic E-state index is 11.6. The minimum absolute atomic E-state index is 0.0639. The molecule has 1 heterocycles. The summed E-state index contributed by atoms with van der Waals surface area (Å²) >= 11 is 3.19. The van der Waals surface area contributed by atoms with Crippen LogP contribution < -0.4 is 11.3 Å². The van der Waals surface area contributed by atoms with Crippen LogP contribution in [0.4, 0.5) is 0 Å². The molecule has 1 amide bonds. The van der Waals surface area contributed by atoms with Crippen LogP contribution >= 0.6 is 15.9 Å². The van der Waals surface area contributed by atoms with E-state index in [1.165, 1.54) is 0 Å². The van der Waals surface area contributed by atoms with Gasteiger partial charge in [0.05, 0.1) is 12.1 Å². The van der Waals surface area contributed by atoms with E-state index in [1.807, 2.05) is 20.8 Å². The highest BCUT2D eigenvalue weighted by Crippen LogP contribution is 2.25. The third-order valence-electron chi connectivity index (χ3n) is 1.96. The Hall–Kier alpha value is -1.17. The zero-order valence-electron chi connectivity index (χ0n) is 9.43. The number of hydrogen-bond acceptors (Lipinski definition) is 3. The SMILES string of the molecule is CC(C)(C)c1nc(CC(N)=O)[nH]c(=O)c1Br. The fraction of sp³-hybridized carbons (Fsp3) is 0.500. The molecule has 0 fully saturated rings. The number of carbonyl (C=O) groups is 1. The summed E-state index contributed by atoms with van der Waals surface area (Å²) in [5, 5.41) is 0. The Bertz CT molecular complexity index is 474. The lowest BCUT2D eigenvalue weighted by molar-refractivity contribution is -0.117. The molecule has 0 aliphatic carbocycles. The molecular weight excluding hydrogens is 274 g/mol. The fourth-order valence-electron chi connectivity index (χ4n) is 1.25. The lowest BCUT2D eigenvalue weighted by atomic mass is 9.92. The molecule has 1 rings (SSSR count). The topological polar surface area (TPSA) is 88.8 Å². The molecule has 1 aromatic heterocycles. The zero-order chi connectivity index (χ0) is 12.5. The van der Waals surface area contributed by atoms with Crippen LogP contribution in [0.2, 0.25) is 0 Å². The Balaban J connectivity index is 3.34. The van der Waals surface area contributed by atoms with Gasteiger partial charge in [-0.2, -0.15) is 0 Å². The van der Waals surface area contributed by atoms with Crippen LogP contribution in [0.5, 0.6) is 0 Å². The summed E-state index contributed by atoms with van der Waals surface area (Å²) in [4.78, 5) is 29.1. The van der Waals surface area contributed by atoms with Gasteiger partial charge in [-0.15, -0.1) is 0 Å². The first kappa shape index (κ1) is 12.9. The van der Waals surface area contributed by atoms with Crippen LogP contribution in [-0.2, 0) is 16.6 Å². The third kappa shape index (κ3) is 2.91. The summed E-state index contributed by atoms with van der Waals surface area (Å²) in [6.07, 6.45) is -0.0639. The van der Waals surface area contributed by atoms with Crippen molar-refractivity contribution in [1.82, 2.24) is 9.97 Å². The maximum Gasteiger partial charge on any atom is 0.265 e. The van der Waals surface area contributed by atoms with E-state index in [9.17, 15) is 9.59 Å². The zero-order valence-corrected chi connectivity index (χ0v) is 11.0. The quantitative estimate of drug-likeness (QED) is 0.845. The standard InChI is InChI=1S/C10H14BrN3O2/c1-10(2,3)8-7(11)9(16)14-6(13-8)4-5(12)15/h4H2,1-3H3,(H2,12,15)(H,13,14,16). The van der Waals surface area contributed by atoms with Crippen molar-refractivity contribution < 1.29 is 4.79 Å². The molecule has 0 radical (unpaired) electrons. The summed E-state index contributed by atoms with van der Waals surface area (Å²) < 4.78 is 0.397. The van der Waals surface area contributed by atoms with Crippen LogP contribution in [0.25, 0.3) is 0 Å². The number of primary amides is 1. The predicted molar refractivity (Wildman–Crippen MR) is 64.2 cm³/mol. The van der Waals surface area contributed by atoms with Crippen LogP contribution in [-0.4, -0.2) is 15.9 Å². The summed E-state index contributed by atoms with van der Waals surface area (Å²) in [6.45, 7) is 5.81. The molecule has 0 unspecified atom stereocenters. The van der Waals surface area contributed by atoms with E-state index in [0.717, 1.165) is 0 Å². The van der Waals surface area contributed by atoms with Crippen molar-refractivity contribution in [3.63, 3.8) is 0 Å². The highest BCUT2D eigenvalue weighted by Gasteiger charge is 2.22. The van der Waals surface area contributed by atoms with E-state index in [4.69, 9.17) is 5.73 Å². The summed E-state index contributed by atoms with van der Waals surface area (Å²) in [5.41, 5.74) is 5.10. The Morgan fingerprint density at radius 2 is 2.06 bits per heavy atom. The third-order valence-corrected chi connectivity index (χ3v) is 2.70. The second-order valence-electron chi connectivity index (χ2n) is 4.57. The van der Waals surface area contributed by atoms with Crippen molar-refractivity contribution in [3.8, 4) is 0 Å². The Kier molecular flexibility index (Phi) is 3.52. The van der Waals surface area contributed by atoms with E-state index >= 15 is 0 Å². The molecule has 88 valence electrons. The number of halogens is 1. The van der Waals surface area contributed by atoms with Crippen LogP contribution in [0.3, 0.4) is 0 Å². The molecule has 0 aromatic carbocycles. The van der Waals surface area contributed by atoms with Gasteiger partial charge in [0.1, 0.15) is 10.3 Å². The second kappa shape index (κ2) is 4.37. The van der Waals surface area contributed by atoms with Gasteiger partial charge in [0.25, 0.3) is 5.56 Å². The molecule has 1 aromatic rings. The highest BCUT2D eigenvalue weighted by atomic mass is 79.9. The molecule has 0 spiro atoms. The number of nitrogens with one attached hydrogen (secondary N) is 1. The monoisotopic (exact) mass is 287 g/mol. The number of carbonyl (C=O) groups excluding carboxylic acids is 1. The number of nitrogens with zero attached hydrogens (tertiary/aromatic N) is 1. The van der Waals surface area contributed by atoms with E-state index in [2.05, 4.69) is 25.9 Å². The van der Waals surface area contributed by atoms with Gasteiger partial charge in [-0.1, -0.05) is 20.8 Å². The van der Waals surface area contributed by atoms with Gasteiger partial charge >= 0.3 is 0 Å². The molecule has 0 aliphatic heterocycles. The van der Waals surface area contributed by atoms with Gasteiger partial charge in [0, 0.05) is 5.41 Å². The molecule has 6 heteroatoms. The van der Waals surface area contributed by atoms with E-state index < -0.39 is 5.91 Å². The van der Waals surface area contributed by atoms with Crippen molar-refractivity contribution in [2.75, 3.05) is 0 Å². The van der Waals surface area contributed by atoms with E-state index in [0.29, 0.717) is 16.0 Å². The Morgan fingerprint density at radius 3 is 2.50 bits per heavy atom. The molecule has 5 nitrogen and oxygen atoms in total. The van der Waals surface area contributed by atoms with Crippen molar-refractivity contribution in [3.05, 3.63) is 26.3 Å². The highest BCUT2D eigenvalue weighted by molar-refractivity contribution is 9.10. The van der Waals surface area contributed by atoms with Gasteiger partial charge in [-0.05, 0) is 15.9 Å². The number of aromatic nitrogens is 2. The van der Waals surface area contributed by atoms with Gasteiger partial charge in [-0.3, -0.25) is 9.59 Å². The van der Waals surface area contributed by atoms with Gasteiger partial charge < -0.3 is 10.7 Å². The van der Waals surface area contributed by atoms with Crippen molar-refractivity contribution >= 4 is 21.8 Å². The van der Waals surface area contributed by atoms with Crippen molar-refractivity contribution in [2.24, 2.45) is 5.73 Å². The van der Waals surface area contributed by atoms with Crippen molar-refractivity contribution in [2.45, 2.75) is 32.6 Å². The fourth-order valence-corrected chi connectivity index (χ4v) is 2.03. The number of H-pyrrole nitrogens is 1. The van der Waals surface area contributed by atoms with Gasteiger partial charge in [0.15, 0.2) is 0 Å². The number of hydrogen-bond donors (Lipinski definition) is 2. The lowest BCUT2D eigenvalue weighted by Crippen LogP contribution is -2.25. The molecular formula is C10H14BrN3O2. The molecule has 0 saturated heterocycles. The first-order valence-corrected chi connectivity index (χ1v) is 5.58. The molecule has 3 N–H and O–H groups in total. The largest absolute Gasteiger partial charge is 0.369 e. The summed E-state index contributed by atoms with van der Waals surface area (Å²) in [6, 6.07) is 0. The van der Waals surface area contributed by atoms with E-state index in [1.54, 1.807) is 0 Å². The van der Waals surface area contributed by atoms with E-state index in [-0.39, 0.29) is 17.4 Å². The first-order chi connectivity index (χ1) is 7.21. The summed E-state index contributed by atoms with van der Waals surface area (Å²) in [7, 11) is 0. The number of aromatic amines is 1. The summed E-state index contributed by atoms with van der Waals surface area (Å²) in [5.74, 6) is -0.226. The smallest absolute Gasteiger partial charge is 0.265 e. The maximum absolute atomic E-state index is 11.6. The first-order valence-electron chi connectivity index (χ1n) is 4.79. The average Bonchev–Trinajstić information content (AvgIpc) is 2.08. The van der Waals surface area contributed by atoms with Gasteiger partial charge in [-0.25, -0.2) is 4.98 Å². The molecule has 0 atom stereocenters. The minimum Gasteiger partial charge on any atom is -0.369 e. The predicted octanol–water partition coefficient (Wildman–Crippen LogP) is 0.858. The van der Waals surface area contributed by atoms with Crippen molar-refractivity contribution in [1.29, 1.82) is 0 Å². The number of rotatable bonds is 2. The lowest BCUT2D eigenvalue weighted by Gasteiger charge is -2.19.